The number of aliphatic hydroxyl groups is 3. The molecule has 1 aliphatic heterocycles. The third kappa shape index (κ3) is 3.70. The van der Waals surface area contributed by atoms with Gasteiger partial charge in [-0.1, -0.05) is 48.5 Å². The summed E-state index contributed by atoms with van der Waals surface area (Å²) >= 11 is 0. The van der Waals surface area contributed by atoms with Gasteiger partial charge < -0.3 is 38.7 Å². The van der Waals surface area contributed by atoms with E-state index >= 15 is 0 Å². The smallest absolute Gasteiger partial charge is 0.309 e. The molecular weight excluding hydrogens is 628 g/mol. The van der Waals surface area contributed by atoms with Gasteiger partial charge in [0.05, 0.1) is 37.2 Å². The average Bonchev–Trinajstić information content (AvgIpc) is 3.67. The van der Waals surface area contributed by atoms with E-state index in [9.17, 15) is 39.3 Å². The summed E-state index contributed by atoms with van der Waals surface area (Å²) in [5.41, 5.74) is -14.3. The van der Waals surface area contributed by atoms with Crippen molar-refractivity contribution in [2.24, 2.45) is 39.9 Å². The zero-order valence-corrected chi connectivity index (χ0v) is 28.7. The third-order valence-corrected chi connectivity index (χ3v) is 13.2. The average molecular weight is 675 g/mol. The van der Waals surface area contributed by atoms with Crippen molar-refractivity contribution in [2.75, 3.05) is 7.11 Å². The van der Waals surface area contributed by atoms with E-state index in [0.29, 0.717) is 0 Å². The Morgan fingerprint density at radius 2 is 1.62 bits per heavy atom. The highest BCUT2D eigenvalue weighted by atomic mass is 16.6. The molecule has 1 aromatic rings. The van der Waals surface area contributed by atoms with E-state index in [1.54, 1.807) is 41.5 Å². The van der Waals surface area contributed by atoms with Gasteiger partial charge in [-0.05, 0) is 31.2 Å². The maximum absolute atomic E-state index is 14.2. The number of methoxy groups -OCH3 is 1. The maximum Gasteiger partial charge on any atom is 0.309 e. The number of ketones is 1. The minimum Gasteiger partial charge on any atom is -0.472 e. The highest BCUT2D eigenvalue weighted by molar-refractivity contribution is 6.01. The van der Waals surface area contributed by atoms with Crippen molar-refractivity contribution in [3.05, 3.63) is 24.2 Å². The largest absolute Gasteiger partial charge is 0.472 e. The molecule has 11 unspecified atom stereocenters. The van der Waals surface area contributed by atoms with Crippen LogP contribution in [0.15, 0.2) is 23.0 Å². The molecule has 0 radical (unpaired) electrons. The summed E-state index contributed by atoms with van der Waals surface area (Å²) in [6, 6.07) is 1.46. The molecule has 5 fully saturated rings. The summed E-state index contributed by atoms with van der Waals surface area (Å²) in [6.45, 7) is 11.1. The molecule has 1 saturated heterocycles. The minimum atomic E-state index is -2.58. The number of Topliss-reactive ketones (excluding diaryl/α,β-unsaturated/α-hetero) is 1. The molecule has 11 atom stereocenters. The Balaban J connectivity index is 1.70. The zero-order chi connectivity index (χ0) is 35.6. The molecule has 13 nitrogen and oxygen atoms in total. The molecule has 1 aromatic heterocycles. The first kappa shape index (κ1) is 34.6. The standard InChI is InChI=1S/C35H46O13/c1-17(2)25(39)47-27-30(6)16-33(42)31(7,20(30)13-22(36)44-8)32(41)11-10-29(5,24(38)19-9-12-45-15-19)21-14-23(37)46-28(34(21,32)43)35(27,33)48-26(40)18(3)4/h9,12,15,17-18,20-21,27-28,41-43H,10-11,13-14,16H2,1-8H3. The number of hydrogen-bond donors (Lipinski definition) is 3. The normalized spacial score (nSPS) is 45.4. The fraction of sp³-hybridized carbons (Fsp3) is 0.743. The number of carbonyl (C=O) groups excluding carboxylic acids is 5. The topological polar surface area (TPSA) is 196 Å². The van der Waals surface area contributed by atoms with Gasteiger partial charge in [-0.3, -0.25) is 24.0 Å². The number of furan rings is 1. The molecule has 264 valence electrons. The Kier molecular flexibility index (Phi) is 7.46. The van der Waals surface area contributed by atoms with Gasteiger partial charge in [-0.2, -0.15) is 0 Å². The van der Waals surface area contributed by atoms with Crippen LogP contribution >= 0.6 is 0 Å². The lowest BCUT2D eigenvalue weighted by atomic mass is 9.33. The van der Waals surface area contributed by atoms with Crippen LogP contribution in [0.5, 0.6) is 0 Å². The van der Waals surface area contributed by atoms with Crippen LogP contribution in [0.1, 0.15) is 90.9 Å². The molecular formula is C35H46O13. The Hall–Kier alpha value is -3.29. The van der Waals surface area contributed by atoms with E-state index in [-0.39, 0.29) is 31.2 Å². The Bertz CT molecular complexity index is 1570. The molecule has 0 aromatic carbocycles. The molecule has 13 heteroatoms. The molecule has 4 saturated carbocycles. The number of esters is 4. The lowest BCUT2D eigenvalue weighted by molar-refractivity contribution is -0.439. The van der Waals surface area contributed by atoms with Crippen molar-refractivity contribution in [2.45, 2.75) is 115 Å². The second-order valence-electron chi connectivity index (χ2n) is 16.0. The first-order chi connectivity index (χ1) is 22.2. The minimum absolute atomic E-state index is 0.0294. The van der Waals surface area contributed by atoms with Crippen molar-refractivity contribution in [3.63, 3.8) is 0 Å². The first-order valence-electron chi connectivity index (χ1n) is 16.6. The summed E-state index contributed by atoms with van der Waals surface area (Å²) in [6.07, 6.45) is -2.42. The molecule has 5 aliphatic rings. The van der Waals surface area contributed by atoms with Gasteiger partial charge in [0, 0.05) is 28.6 Å². The Labute approximate surface area is 278 Å². The van der Waals surface area contributed by atoms with E-state index < -0.39 is 111 Å². The van der Waals surface area contributed by atoms with E-state index in [2.05, 4.69) is 0 Å². The van der Waals surface area contributed by atoms with Gasteiger partial charge in [-0.25, -0.2) is 0 Å². The van der Waals surface area contributed by atoms with E-state index in [1.165, 1.54) is 32.6 Å². The van der Waals surface area contributed by atoms with Crippen LogP contribution in [0.3, 0.4) is 0 Å². The van der Waals surface area contributed by atoms with Gasteiger partial charge in [0.1, 0.15) is 23.1 Å². The van der Waals surface area contributed by atoms with Crippen LogP contribution in [0.2, 0.25) is 0 Å². The summed E-state index contributed by atoms with van der Waals surface area (Å²) in [7, 11) is 1.20. The van der Waals surface area contributed by atoms with Crippen LogP contribution in [-0.4, -0.2) is 86.7 Å². The van der Waals surface area contributed by atoms with E-state index in [0.717, 1.165) is 0 Å². The lowest BCUT2D eigenvalue weighted by Crippen LogP contribution is -2.95. The number of rotatable bonds is 8. The third-order valence-electron chi connectivity index (χ3n) is 13.2. The van der Waals surface area contributed by atoms with Crippen molar-refractivity contribution in [1.82, 2.24) is 0 Å². The molecule has 48 heavy (non-hydrogen) atoms. The number of fused-ring (bicyclic) bond motifs is 3. The zero-order valence-electron chi connectivity index (χ0n) is 28.7. The van der Waals surface area contributed by atoms with Crippen molar-refractivity contribution >= 4 is 29.7 Å². The van der Waals surface area contributed by atoms with Gasteiger partial charge >= 0.3 is 23.9 Å². The second-order valence-corrected chi connectivity index (χ2v) is 16.0. The highest BCUT2D eigenvalue weighted by Gasteiger charge is 2.99. The Morgan fingerprint density at radius 1 is 0.979 bits per heavy atom. The van der Waals surface area contributed by atoms with Crippen LogP contribution < -0.4 is 0 Å². The highest BCUT2D eigenvalue weighted by Crippen LogP contribution is 2.84. The summed E-state index contributed by atoms with van der Waals surface area (Å²) in [5, 5.41) is 40.1. The number of carbonyl (C=O) groups is 5. The van der Waals surface area contributed by atoms with Crippen LogP contribution in [0.4, 0.5) is 0 Å². The van der Waals surface area contributed by atoms with Gasteiger partial charge in [0.25, 0.3) is 0 Å². The predicted octanol–water partition coefficient (Wildman–Crippen LogP) is 2.52. The van der Waals surface area contributed by atoms with Crippen LogP contribution in [0.25, 0.3) is 0 Å². The van der Waals surface area contributed by atoms with Gasteiger partial charge in [-0.15, -0.1) is 0 Å². The van der Waals surface area contributed by atoms with E-state index in [1.807, 2.05) is 0 Å². The monoisotopic (exact) mass is 674 g/mol. The number of hydrogen-bond acceptors (Lipinski definition) is 13. The van der Waals surface area contributed by atoms with Crippen molar-refractivity contribution in [1.29, 1.82) is 0 Å². The Morgan fingerprint density at radius 3 is 2.19 bits per heavy atom. The second kappa shape index (κ2) is 10.4. The summed E-state index contributed by atoms with van der Waals surface area (Å²) in [4.78, 5) is 68.3. The SMILES string of the molecule is COC(=O)CC1C2(C)CC3(O)C(OC(=O)C(C)C)(C2OC(=O)C(C)C)C2OC(=O)CC4C(C)(C(=O)c5ccoc5)CCC(O)(C42O)C13C. The maximum atomic E-state index is 14.2. The van der Waals surface area contributed by atoms with Crippen molar-refractivity contribution < 1.29 is 62.7 Å². The first-order valence-corrected chi connectivity index (χ1v) is 16.6. The molecule has 0 spiro atoms. The van der Waals surface area contributed by atoms with Gasteiger partial charge in [0.2, 0.25) is 5.60 Å². The number of ether oxygens (including phenoxy) is 4. The summed E-state index contributed by atoms with van der Waals surface area (Å²) < 4.78 is 28.8. The molecule has 0 amide bonds. The van der Waals surface area contributed by atoms with E-state index in [4.69, 9.17) is 23.4 Å². The summed E-state index contributed by atoms with van der Waals surface area (Å²) in [5.74, 6) is -7.45. The van der Waals surface area contributed by atoms with Crippen LogP contribution in [-0.2, 0) is 38.1 Å². The van der Waals surface area contributed by atoms with Gasteiger partial charge in [0.15, 0.2) is 18.0 Å². The quantitative estimate of drug-likeness (QED) is 0.207. The fourth-order valence-corrected chi connectivity index (χ4v) is 10.8. The fourth-order valence-electron chi connectivity index (χ4n) is 10.8. The predicted molar refractivity (Wildman–Crippen MR) is 163 cm³/mol. The van der Waals surface area contributed by atoms with Crippen molar-refractivity contribution in [3.8, 4) is 0 Å². The molecule has 2 bridgehead atoms. The lowest BCUT2D eigenvalue weighted by Gasteiger charge is -2.77. The molecule has 2 heterocycles. The molecule has 4 aliphatic carbocycles. The molecule has 3 N–H and O–H groups in total. The van der Waals surface area contributed by atoms with Crippen LogP contribution in [0, 0.1) is 39.9 Å². The molecule has 6 rings (SSSR count).